The number of ether oxygens (including phenoxy) is 3. The lowest BCUT2D eigenvalue weighted by atomic mass is 10.1. The van der Waals surface area contributed by atoms with E-state index in [2.05, 4.69) is 21.4 Å². The van der Waals surface area contributed by atoms with Crippen molar-refractivity contribution in [2.75, 3.05) is 25.3 Å². The zero-order valence-corrected chi connectivity index (χ0v) is 17.9. The molecule has 1 aliphatic heterocycles. The quantitative estimate of drug-likeness (QED) is 0.376. The van der Waals surface area contributed by atoms with Crippen LogP contribution in [0.25, 0.3) is 6.08 Å². The fourth-order valence-electron chi connectivity index (χ4n) is 2.81. The summed E-state index contributed by atoms with van der Waals surface area (Å²) < 4.78 is 16.5. The molecule has 0 atom stereocenters. The number of nitrogens with one attached hydrogen (secondary N) is 1. The molecule has 1 heterocycles. The molecule has 1 fully saturated rings. The summed E-state index contributed by atoms with van der Waals surface area (Å²) in [5, 5.41) is 1.17. The molecule has 9 heteroatoms. The molecule has 2 aromatic carbocycles. The van der Waals surface area contributed by atoms with Crippen molar-refractivity contribution in [3.05, 3.63) is 58.1 Å². The Bertz CT molecular complexity index is 1010. The fourth-order valence-corrected chi connectivity index (χ4v) is 3.26. The first-order chi connectivity index (χ1) is 14.4. The van der Waals surface area contributed by atoms with Crippen molar-refractivity contribution in [2.24, 2.45) is 0 Å². The molecule has 0 aromatic heterocycles. The molecule has 0 bridgehead atoms. The van der Waals surface area contributed by atoms with E-state index in [1.165, 1.54) is 18.2 Å². The molecule has 0 radical (unpaired) electrons. The Morgan fingerprint density at radius 1 is 1.20 bits per heavy atom. The lowest BCUT2D eigenvalue weighted by molar-refractivity contribution is -0.145. The van der Waals surface area contributed by atoms with Gasteiger partial charge >= 0.3 is 5.97 Å². The Morgan fingerprint density at radius 2 is 1.93 bits per heavy atom. The molecule has 0 unspecified atom stereocenters. The van der Waals surface area contributed by atoms with E-state index in [0.29, 0.717) is 21.5 Å². The van der Waals surface area contributed by atoms with Crippen LogP contribution in [0.15, 0.2) is 52.5 Å². The molecular weight excluding hydrogens is 456 g/mol. The lowest BCUT2D eigenvalue weighted by Gasteiger charge is -2.14. The van der Waals surface area contributed by atoms with Crippen molar-refractivity contribution in [2.45, 2.75) is 6.92 Å². The number of amides is 2. The Kier molecular flexibility index (Phi) is 6.73. The Hall–Kier alpha value is -3.33. The largest absolute Gasteiger partial charge is 0.493 e. The maximum atomic E-state index is 12.8. The Morgan fingerprint density at radius 3 is 2.60 bits per heavy atom. The van der Waals surface area contributed by atoms with E-state index < -0.39 is 17.8 Å². The van der Waals surface area contributed by atoms with Crippen molar-refractivity contribution in [1.29, 1.82) is 0 Å². The summed E-state index contributed by atoms with van der Waals surface area (Å²) >= 11 is 3.37. The number of methoxy groups -OCH3 is 1. The zero-order chi connectivity index (χ0) is 21.7. The molecule has 1 aliphatic rings. The number of carbonyl (C=O) groups excluding carboxylic acids is 3. The van der Waals surface area contributed by atoms with Gasteiger partial charge in [-0.25, -0.2) is 9.80 Å². The normalized spacial score (nSPS) is 14.6. The summed E-state index contributed by atoms with van der Waals surface area (Å²) in [6, 6.07) is 12.0. The maximum Gasteiger partial charge on any atom is 0.344 e. The van der Waals surface area contributed by atoms with Crippen LogP contribution in [-0.2, 0) is 19.1 Å². The van der Waals surface area contributed by atoms with E-state index >= 15 is 0 Å². The van der Waals surface area contributed by atoms with Gasteiger partial charge in [-0.1, -0.05) is 34.1 Å². The smallest absolute Gasteiger partial charge is 0.344 e. The van der Waals surface area contributed by atoms with Crippen molar-refractivity contribution < 1.29 is 28.6 Å². The van der Waals surface area contributed by atoms with Crippen molar-refractivity contribution >= 4 is 45.5 Å². The van der Waals surface area contributed by atoms with Gasteiger partial charge in [0.25, 0.3) is 11.8 Å². The number of rotatable bonds is 7. The lowest BCUT2D eigenvalue weighted by Crippen LogP contribution is -2.35. The van der Waals surface area contributed by atoms with Gasteiger partial charge in [0.15, 0.2) is 18.1 Å². The first kappa shape index (κ1) is 21.4. The summed E-state index contributed by atoms with van der Waals surface area (Å²) in [6.07, 6.45) is 1.40. The molecule has 1 saturated heterocycles. The zero-order valence-electron chi connectivity index (χ0n) is 16.3. The third-order valence-electron chi connectivity index (χ3n) is 4.11. The van der Waals surface area contributed by atoms with Gasteiger partial charge < -0.3 is 14.2 Å². The summed E-state index contributed by atoms with van der Waals surface area (Å²) in [5.41, 5.74) is 3.38. The number of esters is 1. The van der Waals surface area contributed by atoms with E-state index in [1.54, 1.807) is 43.3 Å². The van der Waals surface area contributed by atoms with Crippen LogP contribution in [0.5, 0.6) is 11.5 Å². The van der Waals surface area contributed by atoms with Crippen LogP contribution in [0, 0.1) is 0 Å². The van der Waals surface area contributed by atoms with Crippen molar-refractivity contribution in [3.8, 4) is 11.5 Å². The number of hydrogen-bond acceptors (Lipinski definition) is 6. The van der Waals surface area contributed by atoms with Crippen LogP contribution in [0.2, 0.25) is 0 Å². The Labute approximate surface area is 181 Å². The highest BCUT2D eigenvalue weighted by Gasteiger charge is 2.34. The highest BCUT2D eigenvalue weighted by molar-refractivity contribution is 9.10. The van der Waals surface area contributed by atoms with E-state index in [0.717, 1.165) is 0 Å². The minimum absolute atomic E-state index is 0.0833. The second-order valence-corrected chi connectivity index (χ2v) is 7.01. The van der Waals surface area contributed by atoms with Crippen LogP contribution in [0.3, 0.4) is 0 Å². The van der Waals surface area contributed by atoms with Crippen LogP contribution in [0.1, 0.15) is 12.5 Å². The number of halogens is 1. The topological polar surface area (TPSA) is 94.2 Å². The summed E-state index contributed by atoms with van der Waals surface area (Å²) in [7, 11) is 1.44. The van der Waals surface area contributed by atoms with Crippen LogP contribution in [-0.4, -0.2) is 38.1 Å². The molecule has 2 aromatic rings. The minimum Gasteiger partial charge on any atom is -0.493 e. The second-order valence-electron chi connectivity index (χ2n) is 6.10. The molecule has 0 aliphatic carbocycles. The van der Waals surface area contributed by atoms with Crippen LogP contribution < -0.4 is 19.9 Å². The molecule has 3 rings (SSSR count). The summed E-state index contributed by atoms with van der Waals surface area (Å²) in [5.74, 6) is -1.09. The predicted molar refractivity (Wildman–Crippen MR) is 113 cm³/mol. The minimum atomic E-state index is -0.556. The van der Waals surface area contributed by atoms with Crippen molar-refractivity contribution in [3.63, 3.8) is 0 Å². The van der Waals surface area contributed by atoms with E-state index in [1.807, 2.05) is 6.07 Å². The average Bonchev–Trinajstić information content (AvgIpc) is 3.01. The molecule has 0 saturated carbocycles. The van der Waals surface area contributed by atoms with Gasteiger partial charge in [-0.2, -0.15) is 0 Å². The monoisotopic (exact) mass is 474 g/mol. The molecule has 1 N–H and O–H groups in total. The third-order valence-corrected chi connectivity index (χ3v) is 4.57. The number of anilines is 1. The predicted octanol–water partition coefficient (Wildman–Crippen LogP) is 2.86. The summed E-state index contributed by atoms with van der Waals surface area (Å²) in [6.45, 7) is 1.57. The molecule has 0 spiro atoms. The molecule has 8 nitrogen and oxygen atoms in total. The number of nitrogens with zero attached hydrogens (tertiary/aromatic N) is 1. The van der Waals surface area contributed by atoms with Gasteiger partial charge in [0.2, 0.25) is 0 Å². The number of para-hydroxylation sites is 1. The SMILES string of the molecule is CCOC(=O)COc1c(/C=C2/C(=O)NN(c3ccccc3)C2=O)cc(Br)cc1OC. The molecule has 156 valence electrons. The molecule has 2 amide bonds. The van der Waals surface area contributed by atoms with Gasteiger partial charge in [0.05, 0.1) is 19.4 Å². The number of carbonyl (C=O) groups is 3. The number of benzene rings is 2. The van der Waals surface area contributed by atoms with Crippen molar-refractivity contribution in [1.82, 2.24) is 5.43 Å². The first-order valence-corrected chi connectivity index (χ1v) is 9.82. The third kappa shape index (κ3) is 4.62. The molecular formula is C21H19BrN2O6. The highest BCUT2D eigenvalue weighted by atomic mass is 79.9. The van der Waals surface area contributed by atoms with Gasteiger partial charge in [0, 0.05) is 10.0 Å². The van der Waals surface area contributed by atoms with E-state index in [9.17, 15) is 14.4 Å². The fraction of sp³-hybridized carbons (Fsp3) is 0.190. The second kappa shape index (κ2) is 9.45. The highest BCUT2D eigenvalue weighted by Crippen LogP contribution is 2.37. The van der Waals surface area contributed by atoms with E-state index in [-0.39, 0.29) is 24.5 Å². The number of hydrogen-bond donors (Lipinski definition) is 1. The van der Waals surface area contributed by atoms with Gasteiger partial charge in [-0.15, -0.1) is 0 Å². The maximum absolute atomic E-state index is 12.8. The molecule has 30 heavy (non-hydrogen) atoms. The number of hydrazine groups is 1. The van der Waals surface area contributed by atoms with Gasteiger partial charge in [-0.3, -0.25) is 15.0 Å². The Balaban J connectivity index is 1.97. The standard InChI is InChI=1S/C21H19BrN2O6/c1-3-29-18(25)12-30-19-13(9-14(22)11-17(19)28-2)10-16-20(26)23-24(21(16)27)15-7-5-4-6-8-15/h4-11H,3,12H2,1-2H3,(H,23,26)/b16-10-. The van der Waals surface area contributed by atoms with Gasteiger partial charge in [-0.05, 0) is 37.3 Å². The van der Waals surface area contributed by atoms with Crippen LogP contribution in [0.4, 0.5) is 5.69 Å². The van der Waals surface area contributed by atoms with Crippen LogP contribution >= 0.6 is 15.9 Å². The average molecular weight is 475 g/mol. The van der Waals surface area contributed by atoms with Gasteiger partial charge in [0.1, 0.15) is 5.57 Å². The van der Waals surface area contributed by atoms with E-state index in [4.69, 9.17) is 14.2 Å². The first-order valence-electron chi connectivity index (χ1n) is 9.02. The summed E-state index contributed by atoms with van der Waals surface area (Å²) in [4.78, 5) is 37.0.